The quantitative estimate of drug-likeness (QED) is 0.725. The van der Waals surface area contributed by atoms with E-state index in [1.807, 2.05) is 6.07 Å². The van der Waals surface area contributed by atoms with Crippen LogP contribution >= 0.6 is 0 Å². The monoisotopic (exact) mass is 221 g/mol. The Bertz CT molecular complexity index is 407. The van der Waals surface area contributed by atoms with Crippen LogP contribution in [0.4, 0.5) is 10.1 Å². The number of nitrogens with one attached hydrogen (secondary N) is 1. The zero-order valence-electron chi connectivity index (χ0n) is 9.41. The van der Waals surface area contributed by atoms with Crippen LogP contribution in [0, 0.1) is 18.8 Å². The first-order valence-corrected chi connectivity index (χ1v) is 5.83. The predicted molar refractivity (Wildman–Crippen MR) is 61.0 cm³/mol. The average molecular weight is 221 g/mol. The molecule has 2 aliphatic rings. The van der Waals surface area contributed by atoms with Crippen molar-refractivity contribution < 1.29 is 4.39 Å². The highest BCUT2D eigenvalue weighted by Gasteiger charge is 2.35. The molecule has 0 aromatic carbocycles. The summed E-state index contributed by atoms with van der Waals surface area (Å²) in [5, 5.41) is 3.44. The number of aromatic nitrogens is 1. The number of fused-ring (bicyclic) bond motifs is 2. The van der Waals surface area contributed by atoms with Crippen LogP contribution in [0.25, 0.3) is 0 Å². The van der Waals surface area contributed by atoms with Crippen molar-refractivity contribution in [2.24, 2.45) is 5.92 Å². The third kappa shape index (κ3) is 1.57. The molecule has 2 atom stereocenters. The Labute approximate surface area is 94.7 Å². The van der Waals surface area contributed by atoms with Gasteiger partial charge in [-0.05, 0) is 31.9 Å². The van der Waals surface area contributed by atoms with Crippen LogP contribution in [0.3, 0.4) is 0 Å². The first-order chi connectivity index (χ1) is 7.74. The number of piperidine rings is 1. The van der Waals surface area contributed by atoms with Crippen LogP contribution in [-0.2, 0) is 0 Å². The minimum absolute atomic E-state index is 0.357. The number of pyridine rings is 1. The second-order valence-corrected chi connectivity index (χ2v) is 4.87. The maximum atomic E-state index is 13.1. The van der Waals surface area contributed by atoms with Crippen molar-refractivity contribution in [3.63, 3.8) is 0 Å². The summed E-state index contributed by atoms with van der Waals surface area (Å²) >= 11 is 0. The lowest BCUT2D eigenvalue weighted by Gasteiger charge is -2.26. The molecule has 4 heteroatoms. The number of halogens is 1. The van der Waals surface area contributed by atoms with Crippen molar-refractivity contribution in [1.82, 2.24) is 10.3 Å². The van der Waals surface area contributed by atoms with Gasteiger partial charge in [0.15, 0.2) is 0 Å². The highest BCUT2D eigenvalue weighted by atomic mass is 19.1. The van der Waals surface area contributed by atoms with Gasteiger partial charge in [0.2, 0.25) is 5.95 Å². The molecular weight excluding hydrogens is 205 g/mol. The van der Waals surface area contributed by atoms with Crippen molar-refractivity contribution in [3.8, 4) is 0 Å². The van der Waals surface area contributed by atoms with Gasteiger partial charge < -0.3 is 10.2 Å². The van der Waals surface area contributed by atoms with Crippen LogP contribution < -0.4 is 10.2 Å². The van der Waals surface area contributed by atoms with Crippen molar-refractivity contribution >= 4 is 5.69 Å². The first-order valence-electron chi connectivity index (χ1n) is 5.83. The summed E-state index contributed by atoms with van der Waals surface area (Å²) in [7, 11) is 0. The number of rotatable bonds is 1. The molecule has 0 aliphatic carbocycles. The van der Waals surface area contributed by atoms with E-state index >= 15 is 0 Å². The molecule has 2 saturated heterocycles. The zero-order valence-corrected chi connectivity index (χ0v) is 9.41. The van der Waals surface area contributed by atoms with Crippen LogP contribution in [0.5, 0.6) is 0 Å². The molecule has 3 rings (SSSR count). The van der Waals surface area contributed by atoms with E-state index in [0.717, 1.165) is 31.2 Å². The Morgan fingerprint density at radius 2 is 2.38 bits per heavy atom. The van der Waals surface area contributed by atoms with E-state index < -0.39 is 0 Å². The minimum Gasteiger partial charge on any atom is -0.366 e. The van der Waals surface area contributed by atoms with Gasteiger partial charge in [-0.1, -0.05) is 0 Å². The van der Waals surface area contributed by atoms with Crippen molar-refractivity contribution in [1.29, 1.82) is 0 Å². The van der Waals surface area contributed by atoms with Gasteiger partial charge in [-0.3, -0.25) is 0 Å². The fourth-order valence-corrected chi connectivity index (χ4v) is 2.83. The maximum absolute atomic E-state index is 13.1. The lowest BCUT2D eigenvalue weighted by molar-refractivity contribution is 0.434. The Kier molecular flexibility index (Phi) is 2.32. The number of hydrogen-bond donors (Lipinski definition) is 1. The van der Waals surface area contributed by atoms with Crippen LogP contribution in [0.2, 0.25) is 0 Å². The van der Waals surface area contributed by atoms with Gasteiger partial charge in [0.25, 0.3) is 0 Å². The largest absolute Gasteiger partial charge is 0.366 e. The third-order valence-electron chi connectivity index (χ3n) is 3.65. The highest BCUT2D eigenvalue weighted by Crippen LogP contribution is 2.31. The lowest BCUT2D eigenvalue weighted by atomic mass is 10.0. The summed E-state index contributed by atoms with van der Waals surface area (Å²) in [4.78, 5) is 6.17. The number of nitrogens with zero attached hydrogens (tertiary/aromatic N) is 2. The lowest BCUT2D eigenvalue weighted by Crippen LogP contribution is -2.39. The molecular formula is C12H16FN3. The minimum atomic E-state index is -0.357. The molecule has 0 spiro atoms. The maximum Gasteiger partial charge on any atom is 0.215 e. The van der Waals surface area contributed by atoms with E-state index in [1.54, 1.807) is 13.1 Å². The van der Waals surface area contributed by atoms with Crippen LogP contribution in [-0.4, -0.2) is 30.7 Å². The molecule has 3 heterocycles. The van der Waals surface area contributed by atoms with Crippen LogP contribution in [0.15, 0.2) is 12.3 Å². The van der Waals surface area contributed by atoms with Crippen molar-refractivity contribution in [2.45, 2.75) is 19.4 Å². The molecule has 1 N–H and O–H groups in total. The van der Waals surface area contributed by atoms with Gasteiger partial charge in [-0.25, -0.2) is 4.98 Å². The Balaban J connectivity index is 1.89. The topological polar surface area (TPSA) is 28.2 Å². The third-order valence-corrected chi connectivity index (χ3v) is 3.65. The molecule has 3 nitrogen and oxygen atoms in total. The zero-order chi connectivity index (χ0) is 11.1. The summed E-state index contributed by atoms with van der Waals surface area (Å²) in [6.07, 6.45) is 2.91. The van der Waals surface area contributed by atoms with E-state index in [9.17, 15) is 4.39 Å². The smallest absolute Gasteiger partial charge is 0.215 e. The summed E-state index contributed by atoms with van der Waals surface area (Å²) in [6.45, 7) is 4.99. The SMILES string of the molecule is Cc1cc(N2C[C@H]3CNC[C@H]2C3)cnc1F. The molecule has 2 bridgehead atoms. The van der Waals surface area contributed by atoms with E-state index in [1.165, 1.54) is 6.42 Å². The van der Waals surface area contributed by atoms with E-state index in [2.05, 4.69) is 15.2 Å². The summed E-state index contributed by atoms with van der Waals surface area (Å²) in [6, 6.07) is 2.47. The predicted octanol–water partition coefficient (Wildman–Crippen LogP) is 1.33. The summed E-state index contributed by atoms with van der Waals surface area (Å²) < 4.78 is 13.1. The Hall–Kier alpha value is -1.16. The van der Waals surface area contributed by atoms with Crippen molar-refractivity contribution in [3.05, 3.63) is 23.8 Å². The average Bonchev–Trinajstić information content (AvgIpc) is 2.58. The van der Waals surface area contributed by atoms with E-state index in [0.29, 0.717) is 11.6 Å². The molecule has 0 unspecified atom stereocenters. The second kappa shape index (κ2) is 3.70. The van der Waals surface area contributed by atoms with Gasteiger partial charge in [0.1, 0.15) is 0 Å². The van der Waals surface area contributed by atoms with Gasteiger partial charge in [0.05, 0.1) is 11.9 Å². The number of hydrogen-bond acceptors (Lipinski definition) is 3. The Morgan fingerprint density at radius 1 is 1.50 bits per heavy atom. The summed E-state index contributed by atoms with van der Waals surface area (Å²) in [5.74, 6) is 0.383. The number of anilines is 1. The molecule has 1 aromatic rings. The molecule has 86 valence electrons. The highest BCUT2D eigenvalue weighted by molar-refractivity contribution is 5.49. The molecule has 2 fully saturated rings. The molecule has 0 saturated carbocycles. The van der Waals surface area contributed by atoms with Crippen LogP contribution in [0.1, 0.15) is 12.0 Å². The van der Waals surface area contributed by atoms with E-state index in [4.69, 9.17) is 0 Å². The number of aryl methyl sites for hydroxylation is 1. The molecule has 0 amide bonds. The van der Waals surface area contributed by atoms with Crippen molar-refractivity contribution in [2.75, 3.05) is 24.5 Å². The van der Waals surface area contributed by atoms with Gasteiger partial charge >= 0.3 is 0 Å². The molecule has 2 aliphatic heterocycles. The first kappa shape index (κ1) is 10.0. The summed E-state index contributed by atoms with van der Waals surface area (Å²) in [5.41, 5.74) is 1.70. The second-order valence-electron chi connectivity index (χ2n) is 4.87. The molecule has 16 heavy (non-hydrogen) atoms. The van der Waals surface area contributed by atoms with Gasteiger partial charge in [-0.15, -0.1) is 0 Å². The fraction of sp³-hybridized carbons (Fsp3) is 0.583. The van der Waals surface area contributed by atoms with Gasteiger partial charge in [0, 0.05) is 24.7 Å². The normalized spacial score (nSPS) is 28.5. The fourth-order valence-electron chi connectivity index (χ4n) is 2.83. The Morgan fingerprint density at radius 3 is 3.12 bits per heavy atom. The van der Waals surface area contributed by atoms with Gasteiger partial charge in [-0.2, -0.15) is 4.39 Å². The standard InChI is InChI=1S/C12H16FN3/c1-8-2-10(6-15-12(8)13)16-7-9-3-11(16)5-14-4-9/h2,6,9,11,14H,3-5,7H2,1H3/t9-,11-/m1/s1. The van der Waals surface area contributed by atoms with E-state index in [-0.39, 0.29) is 5.95 Å². The molecule has 1 aromatic heterocycles. The molecule has 0 radical (unpaired) electrons.